The van der Waals surface area contributed by atoms with Crippen LogP contribution in [0.15, 0.2) is 11.4 Å². The third kappa shape index (κ3) is 3.36. The molecule has 0 aliphatic heterocycles. The first kappa shape index (κ1) is 13.6. The van der Waals surface area contributed by atoms with E-state index in [-0.39, 0.29) is 0 Å². The quantitative estimate of drug-likeness (QED) is 0.863. The summed E-state index contributed by atoms with van der Waals surface area (Å²) >= 11 is 3.56. The van der Waals surface area contributed by atoms with E-state index < -0.39 is 0 Å². The first-order chi connectivity index (χ1) is 8.70. The van der Waals surface area contributed by atoms with Crippen LogP contribution in [0.25, 0.3) is 10.2 Å². The van der Waals surface area contributed by atoms with E-state index in [2.05, 4.69) is 47.5 Å². The molecule has 1 N–H and O–H groups in total. The van der Waals surface area contributed by atoms with E-state index in [0.29, 0.717) is 5.25 Å². The largest absolute Gasteiger partial charge is 0.369 e. The Morgan fingerprint density at radius 2 is 2.22 bits per heavy atom. The second-order valence-corrected chi connectivity index (χ2v) is 6.87. The summed E-state index contributed by atoms with van der Waals surface area (Å²) in [5.41, 5.74) is 0. The molecule has 0 aliphatic carbocycles. The number of hydrogen-bond acceptors (Lipinski definition) is 5. The number of thioether (sulfide) groups is 1. The molecule has 2 aromatic heterocycles. The van der Waals surface area contributed by atoms with Gasteiger partial charge < -0.3 is 5.32 Å². The van der Waals surface area contributed by atoms with Crippen molar-refractivity contribution in [2.24, 2.45) is 0 Å². The third-order valence-electron chi connectivity index (χ3n) is 2.46. The number of thiophene rings is 1. The zero-order valence-corrected chi connectivity index (χ0v) is 12.7. The number of fused-ring (bicyclic) bond motifs is 1. The number of anilines is 1. The Hall–Kier alpha value is -0.810. The zero-order valence-electron chi connectivity index (χ0n) is 11.1. The summed E-state index contributed by atoms with van der Waals surface area (Å²) in [6, 6.07) is 2.09. The molecular weight excluding hydrogens is 262 g/mol. The molecule has 18 heavy (non-hydrogen) atoms. The molecule has 0 fully saturated rings. The Morgan fingerprint density at radius 3 is 2.94 bits per heavy atom. The fourth-order valence-corrected chi connectivity index (χ4v) is 2.98. The van der Waals surface area contributed by atoms with Crippen LogP contribution in [0.5, 0.6) is 0 Å². The molecular formula is C13H19N3S2. The van der Waals surface area contributed by atoms with Crippen molar-refractivity contribution in [1.29, 1.82) is 0 Å². The molecule has 0 amide bonds. The highest BCUT2D eigenvalue weighted by molar-refractivity contribution is 7.99. The van der Waals surface area contributed by atoms with Crippen molar-refractivity contribution in [3.05, 3.63) is 17.3 Å². The van der Waals surface area contributed by atoms with E-state index in [9.17, 15) is 0 Å². The van der Waals surface area contributed by atoms with Gasteiger partial charge in [0.2, 0.25) is 0 Å². The summed E-state index contributed by atoms with van der Waals surface area (Å²) in [7, 11) is 0. The van der Waals surface area contributed by atoms with E-state index >= 15 is 0 Å². The van der Waals surface area contributed by atoms with Crippen molar-refractivity contribution in [3.63, 3.8) is 0 Å². The average Bonchev–Trinajstić information content (AvgIpc) is 2.81. The first-order valence-corrected chi connectivity index (χ1v) is 8.23. The van der Waals surface area contributed by atoms with Gasteiger partial charge in [-0.3, -0.25) is 0 Å². The maximum atomic E-state index is 4.65. The number of nitrogens with one attached hydrogen (secondary N) is 1. The maximum Gasteiger partial charge on any atom is 0.142 e. The summed E-state index contributed by atoms with van der Waals surface area (Å²) in [5, 5.41) is 7.23. The van der Waals surface area contributed by atoms with Crippen molar-refractivity contribution < 1.29 is 0 Å². The summed E-state index contributed by atoms with van der Waals surface area (Å²) in [6.07, 6.45) is 1.10. The Bertz CT molecular complexity index is 508. The number of hydrogen-bond donors (Lipinski definition) is 1. The van der Waals surface area contributed by atoms with E-state index in [4.69, 9.17) is 0 Å². The molecule has 0 radical (unpaired) electrons. The highest BCUT2D eigenvalue weighted by Crippen LogP contribution is 2.26. The van der Waals surface area contributed by atoms with Gasteiger partial charge in [0.1, 0.15) is 16.5 Å². The Kier molecular flexibility index (Phi) is 4.83. The van der Waals surface area contributed by atoms with Crippen LogP contribution in [0.3, 0.4) is 0 Å². The third-order valence-corrected chi connectivity index (χ3v) is 4.36. The normalized spacial score (nSPS) is 11.3. The molecule has 0 saturated heterocycles. The fraction of sp³-hybridized carbons (Fsp3) is 0.538. The van der Waals surface area contributed by atoms with Gasteiger partial charge in [0.25, 0.3) is 0 Å². The number of nitrogens with zero attached hydrogens (tertiary/aromatic N) is 2. The van der Waals surface area contributed by atoms with Gasteiger partial charge in [0, 0.05) is 6.54 Å². The van der Waals surface area contributed by atoms with Crippen LogP contribution >= 0.6 is 23.1 Å². The van der Waals surface area contributed by atoms with Crippen molar-refractivity contribution in [2.75, 3.05) is 11.9 Å². The molecule has 2 heterocycles. The van der Waals surface area contributed by atoms with Crippen molar-refractivity contribution in [1.82, 2.24) is 9.97 Å². The van der Waals surface area contributed by atoms with Gasteiger partial charge in [0.15, 0.2) is 0 Å². The minimum atomic E-state index is 0.611. The molecule has 0 aliphatic rings. The van der Waals surface area contributed by atoms with Gasteiger partial charge >= 0.3 is 0 Å². The lowest BCUT2D eigenvalue weighted by Crippen LogP contribution is -2.05. The van der Waals surface area contributed by atoms with Crippen molar-refractivity contribution in [3.8, 4) is 0 Å². The smallest absolute Gasteiger partial charge is 0.142 e. The molecule has 98 valence electrons. The molecule has 0 atom stereocenters. The molecule has 5 heteroatoms. The summed E-state index contributed by atoms with van der Waals surface area (Å²) in [4.78, 5) is 10.4. The minimum absolute atomic E-state index is 0.611. The van der Waals surface area contributed by atoms with Crippen LogP contribution in [0.2, 0.25) is 0 Å². The maximum absolute atomic E-state index is 4.65. The Labute approximate surface area is 116 Å². The predicted octanol–water partition coefficient (Wildman–Crippen LogP) is 4.15. The molecule has 0 spiro atoms. The van der Waals surface area contributed by atoms with Crippen LogP contribution < -0.4 is 5.32 Å². The van der Waals surface area contributed by atoms with Gasteiger partial charge in [-0.15, -0.1) is 11.3 Å². The van der Waals surface area contributed by atoms with E-state index in [1.807, 2.05) is 11.8 Å². The molecule has 0 saturated carbocycles. The van der Waals surface area contributed by atoms with Gasteiger partial charge in [-0.25, -0.2) is 9.97 Å². The van der Waals surface area contributed by atoms with Crippen LogP contribution in [-0.4, -0.2) is 21.8 Å². The lowest BCUT2D eigenvalue weighted by molar-refractivity contribution is 0.960. The minimum Gasteiger partial charge on any atom is -0.369 e. The van der Waals surface area contributed by atoms with Crippen molar-refractivity contribution >= 4 is 39.1 Å². The number of aromatic nitrogens is 2. The average molecular weight is 281 g/mol. The molecule has 2 aromatic rings. The fourth-order valence-electron chi connectivity index (χ4n) is 1.58. The first-order valence-electron chi connectivity index (χ1n) is 6.30. The highest BCUT2D eigenvalue weighted by atomic mass is 32.2. The molecule has 2 rings (SSSR count). The van der Waals surface area contributed by atoms with E-state index in [1.54, 1.807) is 11.3 Å². The van der Waals surface area contributed by atoms with Crippen LogP contribution in [0, 0.1) is 0 Å². The predicted molar refractivity (Wildman–Crippen MR) is 82.6 cm³/mol. The monoisotopic (exact) mass is 281 g/mol. The van der Waals surface area contributed by atoms with Crippen LogP contribution in [-0.2, 0) is 5.75 Å². The van der Waals surface area contributed by atoms with Gasteiger partial charge in [-0.2, -0.15) is 11.8 Å². The van der Waals surface area contributed by atoms with Crippen LogP contribution in [0.4, 0.5) is 5.82 Å². The summed E-state index contributed by atoms with van der Waals surface area (Å²) in [5.74, 6) is 2.80. The molecule has 0 unspecified atom stereocenters. The standard InChI is InChI=1S/C13H19N3S2/c1-4-6-14-12-10-5-7-17-13(10)16-11(15-12)8-18-9(2)3/h5,7,9H,4,6,8H2,1-3H3,(H,14,15,16). The lowest BCUT2D eigenvalue weighted by Gasteiger charge is -2.08. The van der Waals surface area contributed by atoms with Crippen molar-refractivity contribution in [2.45, 2.75) is 38.2 Å². The highest BCUT2D eigenvalue weighted by Gasteiger charge is 2.09. The SMILES string of the molecule is CCCNc1nc(CSC(C)C)nc2sccc12. The lowest BCUT2D eigenvalue weighted by atomic mass is 10.3. The Morgan fingerprint density at radius 1 is 1.39 bits per heavy atom. The second kappa shape index (κ2) is 6.38. The summed E-state index contributed by atoms with van der Waals surface area (Å²) in [6.45, 7) is 7.52. The molecule has 0 bridgehead atoms. The second-order valence-electron chi connectivity index (χ2n) is 4.41. The number of rotatable bonds is 6. The van der Waals surface area contributed by atoms with Gasteiger partial charge in [-0.1, -0.05) is 20.8 Å². The van der Waals surface area contributed by atoms with E-state index in [1.165, 1.54) is 0 Å². The zero-order chi connectivity index (χ0) is 13.0. The van der Waals surface area contributed by atoms with Gasteiger partial charge in [-0.05, 0) is 23.1 Å². The van der Waals surface area contributed by atoms with E-state index in [0.717, 1.165) is 40.6 Å². The van der Waals surface area contributed by atoms with Gasteiger partial charge in [0.05, 0.1) is 11.1 Å². The molecule has 0 aromatic carbocycles. The molecule has 3 nitrogen and oxygen atoms in total. The Balaban J connectivity index is 2.25. The summed E-state index contributed by atoms with van der Waals surface area (Å²) < 4.78 is 0. The van der Waals surface area contributed by atoms with Crippen LogP contribution in [0.1, 0.15) is 33.0 Å². The topological polar surface area (TPSA) is 37.8 Å².